The number of pyridine rings is 1. The van der Waals surface area contributed by atoms with E-state index >= 15 is 0 Å². The summed E-state index contributed by atoms with van der Waals surface area (Å²) in [4.78, 5) is 18.6. The number of nitrogens with one attached hydrogen (secondary N) is 2. The van der Waals surface area contributed by atoms with Crippen LogP contribution in [0.15, 0.2) is 56.7 Å². The lowest BCUT2D eigenvalue weighted by Crippen LogP contribution is -2.44. The highest BCUT2D eigenvalue weighted by Crippen LogP contribution is 2.43. The molecule has 0 radical (unpaired) electrons. The van der Waals surface area contributed by atoms with Gasteiger partial charge in [-0.1, -0.05) is 22.0 Å². The third-order valence-electron chi connectivity index (χ3n) is 7.95. The first-order valence-corrected chi connectivity index (χ1v) is 17.9. The zero-order valence-electron chi connectivity index (χ0n) is 25.9. The van der Waals surface area contributed by atoms with E-state index in [0.717, 1.165) is 69.5 Å². The normalized spacial score (nSPS) is 17.1. The van der Waals surface area contributed by atoms with E-state index in [1.54, 1.807) is 20.4 Å². The molecule has 2 aliphatic rings. The number of piperazine rings is 1. The third-order valence-corrected chi connectivity index (χ3v) is 9.89. The van der Waals surface area contributed by atoms with Gasteiger partial charge >= 0.3 is 0 Å². The maximum absolute atomic E-state index is 13.6. The number of hydrogen-bond donors (Lipinski definition) is 2. The Bertz CT molecular complexity index is 1650. The fourth-order valence-electron chi connectivity index (χ4n) is 5.47. The van der Waals surface area contributed by atoms with Gasteiger partial charge in [-0.25, -0.2) is 4.99 Å². The average Bonchev–Trinajstić information content (AvgIpc) is 3.81. The van der Waals surface area contributed by atoms with Crippen LogP contribution in [-0.2, 0) is 4.57 Å². The molecule has 11 heteroatoms. The number of halogens is 1. The molecule has 1 aliphatic carbocycles. The molecule has 2 fully saturated rings. The van der Waals surface area contributed by atoms with E-state index in [1.807, 2.05) is 19.1 Å². The molecule has 5 rings (SSSR count). The molecular formula is C32H41BrN7O2P. The second kappa shape index (κ2) is 12.8. The highest BCUT2D eigenvalue weighted by atomic mass is 79.9. The first-order valence-electron chi connectivity index (χ1n) is 14.6. The Kier molecular flexibility index (Phi) is 9.30. The van der Waals surface area contributed by atoms with Gasteiger partial charge in [0, 0.05) is 64.7 Å². The molecule has 43 heavy (non-hydrogen) atoms. The number of guanidine groups is 1. The molecule has 1 aliphatic heterocycles. The van der Waals surface area contributed by atoms with Gasteiger partial charge in [-0.15, -0.1) is 0 Å². The van der Waals surface area contributed by atoms with Gasteiger partial charge in [-0.2, -0.15) is 4.99 Å². The van der Waals surface area contributed by atoms with Crippen molar-refractivity contribution in [3.05, 3.63) is 58.0 Å². The first kappa shape index (κ1) is 31.2. The molecule has 0 unspecified atom stereocenters. The minimum atomic E-state index is -2.71. The van der Waals surface area contributed by atoms with Gasteiger partial charge in [-0.3, -0.25) is 4.98 Å². The number of ether oxygens (including phenoxy) is 1. The quantitative estimate of drug-likeness (QED) is 0.159. The Morgan fingerprint density at radius 1 is 1.09 bits per heavy atom. The van der Waals surface area contributed by atoms with Gasteiger partial charge in [0.1, 0.15) is 18.7 Å². The van der Waals surface area contributed by atoms with Crippen LogP contribution in [0.3, 0.4) is 0 Å². The van der Waals surface area contributed by atoms with Crippen LogP contribution < -0.4 is 25.6 Å². The highest BCUT2D eigenvalue weighted by Gasteiger charge is 2.27. The summed E-state index contributed by atoms with van der Waals surface area (Å²) in [6.45, 7) is 15.3. The summed E-state index contributed by atoms with van der Waals surface area (Å²) in [5.74, 6) is 2.04. The van der Waals surface area contributed by atoms with Crippen molar-refractivity contribution in [1.29, 1.82) is 0 Å². The molecule has 1 saturated carbocycles. The van der Waals surface area contributed by atoms with Gasteiger partial charge < -0.3 is 29.7 Å². The van der Waals surface area contributed by atoms with Crippen molar-refractivity contribution in [1.82, 2.24) is 9.88 Å². The highest BCUT2D eigenvalue weighted by molar-refractivity contribution is 9.11. The minimum Gasteiger partial charge on any atom is -0.494 e. The predicted octanol–water partition coefficient (Wildman–Crippen LogP) is 6.59. The van der Waals surface area contributed by atoms with E-state index in [-0.39, 0.29) is 0 Å². The number of methoxy groups -OCH3 is 1. The SMILES string of the molecule is C=NC(=N/C(Nc1ccc2nc(C3CC3)ccc2c1P(C)(C)=O)=C(\C)Br)Nc1cc(C)c(N2CCN(C)CC2)cc1OC. The maximum Gasteiger partial charge on any atom is 0.228 e. The fourth-order valence-corrected chi connectivity index (χ4v) is 7.14. The monoisotopic (exact) mass is 665 g/mol. The molecule has 3 aromatic rings. The molecule has 1 aromatic heterocycles. The average molecular weight is 667 g/mol. The predicted molar refractivity (Wildman–Crippen MR) is 186 cm³/mol. The van der Waals surface area contributed by atoms with Crippen LogP contribution in [0.4, 0.5) is 17.1 Å². The number of benzene rings is 2. The summed E-state index contributed by atoms with van der Waals surface area (Å²) < 4.78 is 20.1. The molecule has 1 saturated heterocycles. The summed E-state index contributed by atoms with van der Waals surface area (Å²) in [5.41, 5.74) is 5.71. The Labute approximate surface area is 263 Å². The van der Waals surface area contributed by atoms with Crippen LogP contribution >= 0.6 is 23.1 Å². The number of nitrogens with zero attached hydrogens (tertiary/aromatic N) is 5. The number of fused-ring (bicyclic) bond motifs is 1. The second-order valence-corrected chi connectivity index (χ2v) is 16.1. The summed E-state index contributed by atoms with van der Waals surface area (Å²) in [7, 11) is 1.11. The summed E-state index contributed by atoms with van der Waals surface area (Å²) in [6, 6.07) is 12.2. The topological polar surface area (TPSA) is 94.5 Å². The number of aliphatic imine (C=N–C) groups is 2. The summed E-state index contributed by atoms with van der Waals surface area (Å²) in [6.07, 6.45) is 2.36. The van der Waals surface area contributed by atoms with Crippen LogP contribution in [0.2, 0.25) is 0 Å². The van der Waals surface area contributed by atoms with Crippen LogP contribution in [0.5, 0.6) is 5.75 Å². The molecule has 228 valence electrons. The fraction of sp³-hybridized carbons (Fsp3) is 0.406. The Morgan fingerprint density at radius 2 is 1.81 bits per heavy atom. The number of hydrogen-bond acceptors (Lipinski definition) is 7. The van der Waals surface area contributed by atoms with Crippen molar-refractivity contribution in [2.75, 3.05) is 69.2 Å². The first-order chi connectivity index (χ1) is 20.5. The largest absolute Gasteiger partial charge is 0.494 e. The molecule has 0 amide bonds. The lowest BCUT2D eigenvalue weighted by atomic mass is 10.1. The Balaban J connectivity index is 1.45. The third kappa shape index (κ3) is 7.14. The van der Waals surface area contributed by atoms with Crippen LogP contribution in [-0.4, -0.2) is 76.2 Å². The zero-order chi connectivity index (χ0) is 30.9. The van der Waals surface area contributed by atoms with Gasteiger partial charge in [0.15, 0.2) is 0 Å². The van der Waals surface area contributed by atoms with E-state index in [4.69, 9.17) is 14.7 Å². The number of anilines is 3. The maximum atomic E-state index is 13.6. The minimum absolute atomic E-state index is 0.292. The molecule has 2 heterocycles. The van der Waals surface area contributed by atoms with E-state index in [9.17, 15) is 4.57 Å². The zero-order valence-corrected chi connectivity index (χ0v) is 28.3. The molecule has 0 atom stereocenters. The number of likely N-dealkylation sites (N-methyl/N-ethyl adjacent to an activating group) is 1. The molecule has 2 N–H and O–H groups in total. The molecule has 0 bridgehead atoms. The second-order valence-electron chi connectivity index (χ2n) is 11.7. The lowest BCUT2D eigenvalue weighted by molar-refractivity contribution is 0.312. The Hall–Kier alpha value is -3.20. The number of aryl methyl sites for hydroxylation is 1. The van der Waals surface area contributed by atoms with E-state index in [0.29, 0.717) is 29.1 Å². The van der Waals surface area contributed by atoms with Crippen LogP contribution in [0.25, 0.3) is 10.9 Å². The van der Waals surface area contributed by atoms with Crippen LogP contribution in [0.1, 0.15) is 36.9 Å². The van der Waals surface area contributed by atoms with E-state index in [2.05, 4.69) is 86.3 Å². The smallest absolute Gasteiger partial charge is 0.228 e. The van der Waals surface area contributed by atoms with Gasteiger partial charge in [0.05, 0.1) is 24.0 Å². The van der Waals surface area contributed by atoms with Crippen molar-refractivity contribution in [2.24, 2.45) is 9.98 Å². The number of allylic oxidation sites excluding steroid dienone is 1. The van der Waals surface area contributed by atoms with Gasteiger partial charge in [-0.05, 0) is 83.6 Å². The molecule has 2 aromatic carbocycles. The lowest BCUT2D eigenvalue weighted by Gasteiger charge is -2.35. The number of aromatic nitrogens is 1. The summed E-state index contributed by atoms with van der Waals surface area (Å²) in [5, 5.41) is 8.36. The standard InChI is InChI=1S/C32H41BrN7O2P/c1-20-18-27(29(42-5)19-28(20)40-16-14-39(4)15-17-40)37-32(34-3)38-31(21(2)33)36-26-13-12-25-23(30(26)43(6,7)41)10-11-24(35-25)22-8-9-22/h10-13,18-19,22,36H,3,8-9,14-17H2,1-2,4-7H3,(H,37,38)/b31-21+. The molecule has 9 nitrogen and oxygen atoms in total. The van der Waals surface area contributed by atoms with Crippen molar-refractivity contribution < 1.29 is 9.30 Å². The van der Waals surface area contributed by atoms with Crippen molar-refractivity contribution in [2.45, 2.75) is 32.6 Å². The summed E-state index contributed by atoms with van der Waals surface area (Å²) >= 11 is 3.60. The molecule has 0 spiro atoms. The van der Waals surface area contributed by atoms with Gasteiger partial charge in [0.25, 0.3) is 0 Å². The van der Waals surface area contributed by atoms with Crippen molar-refractivity contribution in [3.63, 3.8) is 0 Å². The number of rotatable bonds is 8. The van der Waals surface area contributed by atoms with Gasteiger partial charge in [0.2, 0.25) is 5.96 Å². The Morgan fingerprint density at radius 3 is 2.42 bits per heavy atom. The van der Waals surface area contributed by atoms with E-state index in [1.165, 1.54) is 12.8 Å². The van der Waals surface area contributed by atoms with E-state index < -0.39 is 7.14 Å². The molecular weight excluding hydrogens is 625 g/mol. The van der Waals surface area contributed by atoms with Crippen LogP contribution in [0, 0.1) is 6.92 Å². The van der Waals surface area contributed by atoms with Crippen molar-refractivity contribution >= 4 is 69.0 Å². The van der Waals surface area contributed by atoms with Crippen molar-refractivity contribution in [3.8, 4) is 5.75 Å².